The summed E-state index contributed by atoms with van der Waals surface area (Å²) in [6.45, 7) is 2.98. The molecule has 1 unspecified atom stereocenters. The molecule has 2 heterocycles. The third-order valence-corrected chi connectivity index (χ3v) is 2.64. The average Bonchev–Trinajstić information content (AvgIpc) is 2.65. The van der Waals surface area contributed by atoms with Gasteiger partial charge in [0.15, 0.2) is 5.78 Å². The van der Waals surface area contributed by atoms with Crippen LogP contribution in [0.2, 0.25) is 0 Å². The summed E-state index contributed by atoms with van der Waals surface area (Å²) in [6.07, 6.45) is 2.12. The number of carbonyl (C=O) groups excluding carboxylic acids is 1. The van der Waals surface area contributed by atoms with Crippen LogP contribution in [-0.2, 0) is 0 Å². The lowest BCUT2D eigenvalue weighted by molar-refractivity contribution is 0.101. The molecule has 1 atom stereocenters. The van der Waals surface area contributed by atoms with Crippen LogP contribution in [0.15, 0.2) is 18.3 Å². The van der Waals surface area contributed by atoms with Gasteiger partial charge in [-0.2, -0.15) is 0 Å². The van der Waals surface area contributed by atoms with Gasteiger partial charge in [-0.15, -0.1) is 0 Å². The molecule has 1 aromatic rings. The predicted molar refractivity (Wildman–Crippen MR) is 57.1 cm³/mol. The maximum atomic E-state index is 11.0. The van der Waals surface area contributed by atoms with E-state index in [0.717, 1.165) is 18.8 Å². The molecule has 0 amide bonds. The molecule has 0 radical (unpaired) electrons. The number of β-amino-alcohol motifs (C(OH)–C–C–N with tert-alkyl or cyclic N) is 1. The SMILES string of the molecule is CC(=O)c1ccc(N2CCC(O)C2)nc1. The highest BCUT2D eigenvalue weighted by Crippen LogP contribution is 2.18. The van der Waals surface area contributed by atoms with Crippen LogP contribution >= 0.6 is 0 Å². The summed E-state index contributed by atoms with van der Waals surface area (Å²) in [5.74, 6) is 0.854. The van der Waals surface area contributed by atoms with Crippen molar-refractivity contribution in [2.45, 2.75) is 19.4 Å². The van der Waals surface area contributed by atoms with Crippen LogP contribution in [0.3, 0.4) is 0 Å². The van der Waals surface area contributed by atoms with Crippen LogP contribution < -0.4 is 4.90 Å². The molecular formula is C11H14N2O2. The van der Waals surface area contributed by atoms with E-state index in [9.17, 15) is 9.90 Å². The second-order valence-electron chi connectivity index (χ2n) is 3.85. The van der Waals surface area contributed by atoms with E-state index in [1.54, 1.807) is 12.3 Å². The van der Waals surface area contributed by atoms with E-state index in [-0.39, 0.29) is 11.9 Å². The predicted octanol–water partition coefficient (Wildman–Crippen LogP) is 0.855. The molecule has 15 heavy (non-hydrogen) atoms. The zero-order valence-corrected chi connectivity index (χ0v) is 8.68. The van der Waals surface area contributed by atoms with Crippen LogP contribution in [-0.4, -0.2) is 35.1 Å². The molecule has 1 aliphatic heterocycles. The number of nitrogens with zero attached hydrogens (tertiary/aromatic N) is 2. The summed E-state index contributed by atoms with van der Waals surface area (Å²) < 4.78 is 0. The first kappa shape index (κ1) is 10.1. The van der Waals surface area contributed by atoms with E-state index >= 15 is 0 Å². The Morgan fingerprint density at radius 3 is 2.87 bits per heavy atom. The van der Waals surface area contributed by atoms with E-state index in [2.05, 4.69) is 4.98 Å². The fraction of sp³-hybridized carbons (Fsp3) is 0.455. The van der Waals surface area contributed by atoms with Crippen LogP contribution in [0.1, 0.15) is 23.7 Å². The van der Waals surface area contributed by atoms with Gasteiger partial charge in [-0.3, -0.25) is 4.79 Å². The van der Waals surface area contributed by atoms with Gasteiger partial charge in [-0.1, -0.05) is 0 Å². The number of anilines is 1. The van der Waals surface area contributed by atoms with Crippen molar-refractivity contribution in [2.75, 3.05) is 18.0 Å². The highest BCUT2D eigenvalue weighted by Gasteiger charge is 2.21. The molecule has 1 fully saturated rings. The zero-order chi connectivity index (χ0) is 10.8. The monoisotopic (exact) mass is 206 g/mol. The Kier molecular flexibility index (Phi) is 2.68. The smallest absolute Gasteiger partial charge is 0.161 e. The average molecular weight is 206 g/mol. The number of aliphatic hydroxyl groups is 1. The zero-order valence-electron chi connectivity index (χ0n) is 8.68. The van der Waals surface area contributed by atoms with Crippen molar-refractivity contribution in [3.05, 3.63) is 23.9 Å². The van der Waals surface area contributed by atoms with Gasteiger partial charge < -0.3 is 10.0 Å². The van der Waals surface area contributed by atoms with Crippen molar-refractivity contribution < 1.29 is 9.90 Å². The quantitative estimate of drug-likeness (QED) is 0.729. The van der Waals surface area contributed by atoms with Gasteiger partial charge >= 0.3 is 0 Å². The molecule has 80 valence electrons. The summed E-state index contributed by atoms with van der Waals surface area (Å²) >= 11 is 0. The molecular weight excluding hydrogens is 192 g/mol. The number of aromatic nitrogens is 1. The third-order valence-electron chi connectivity index (χ3n) is 2.64. The minimum Gasteiger partial charge on any atom is -0.391 e. The Bertz CT molecular complexity index is 361. The highest BCUT2D eigenvalue weighted by molar-refractivity contribution is 5.93. The minimum absolute atomic E-state index is 0.0236. The molecule has 0 aromatic carbocycles. The fourth-order valence-corrected chi connectivity index (χ4v) is 1.73. The minimum atomic E-state index is -0.251. The summed E-state index contributed by atoms with van der Waals surface area (Å²) in [6, 6.07) is 3.60. The summed E-state index contributed by atoms with van der Waals surface area (Å²) in [5.41, 5.74) is 0.624. The summed E-state index contributed by atoms with van der Waals surface area (Å²) in [4.78, 5) is 17.3. The van der Waals surface area contributed by atoms with Gasteiger partial charge in [0.05, 0.1) is 6.10 Å². The second-order valence-corrected chi connectivity index (χ2v) is 3.85. The Hall–Kier alpha value is -1.42. The molecule has 1 aromatic heterocycles. The van der Waals surface area contributed by atoms with Gasteiger partial charge in [0.25, 0.3) is 0 Å². The van der Waals surface area contributed by atoms with E-state index in [1.807, 2.05) is 11.0 Å². The lowest BCUT2D eigenvalue weighted by Gasteiger charge is -2.16. The van der Waals surface area contributed by atoms with Gasteiger partial charge in [-0.25, -0.2) is 4.98 Å². The van der Waals surface area contributed by atoms with Crippen molar-refractivity contribution in [1.29, 1.82) is 0 Å². The van der Waals surface area contributed by atoms with Gasteiger partial charge in [0.2, 0.25) is 0 Å². The van der Waals surface area contributed by atoms with Crippen LogP contribution in [0.5, 0.6) is 0 Å². The Balaban J connectivity index is 2.13. The molecule has 0 bridgehead atoms. The van der Waals surface area contributed by atoms with Crippen LogP contribution in [0, 0.1) is 0 Å². The van der Waals surface area contributed by atoms with Crippen molar-refractivity contribution in [3.63, 3.8) is 0 Å². The molecule has 4 nitrogen and oxygen atoms in total. The largest absolute Gasteiger partial charge is 0.391 e. The Labute approximate surface area is 88.6 Å². The molecule has 1 N–H and O–H groups in total. The highest BCUT2D eigenvalue weighted by atomic mass is 16.3. The second kappa shape index (κ2) is 3.98. The number of ketones is 1. The molecule has 1 saturated heterocycles. The number of pyridine rings is 1. The van der Waals surface area contributed by atoms with Crippen LogP contribution in [0.4, 0.5) is 5.82 Å². The molecule has 0 aliphatic carbocycles. The molecule has 1 aliphatic rings. The molecule has 4 heteroatoms. The van der Waals surface area contributed by atoms with E-state index in [4.69, 9.17) is 0 Å². The molecule has 0 spiro atoms. The van der Waals surface area contributed by atoms with Gasteiger partial charge in [-0.05, 0) is 25.5 Å². The van der Waals surface area contributed by atoms with Gasteiger partial charge in [0.1, 0.15) is 5.82 Å². The van der Waals surface area contributed by atoms with Crippen molar-refractivity contribution in [2.24, 2.45) is 0 Å². The van der Waals surface area contributed by atoms with E-state index < -0.39 is 0 Å². The van der Waals surface area contributed by atoms with Crippen molar-refractivity contribution in [3.8, 4) is 0 Å². The first-order valence-corrected chi connectivity index (χ1v) is 5.07. The van der Waals surface area contributed by atoms with Crippen molar-refractivity contribution >= 4 is 11.6 Å². The number of Topliss-reactive ketones (excluding diaryl/α,β-unsaturated/α-hetero) is 1. The van der Waals surface area contributed by atoms with Crippen LogP contribution in [0.25, 0.3) is 0 Å². The number of aliphatic hydroxyl groups excluding tert-OH is 1. The lowest BCUT2D eigenvalue weighted by atomic mass is 10.2. The molecule has 2 rings (SSSR count). The maximum Gasteiger partial charge on any atom is 0.161 e. The van der Waals surface area contributed by atoms with E-state index in [0.29, 0.717) is 12.1 Å². The number of carbonyl (C=O) groups is 1. The summed E-state index contributed by atoms with van der Waals surface area (Å²) in [7, 11) is 0. The van der Waals surface area contributed by atoms with Gasteiger partial charge in [0, 0.05) is 24.8 Å². The first-order chi connectivity index (χ1) is 7.16. The number of rotatable bonds is 2. The van der Waals surface area contributed by atoms with Crippen molar-refractivity contribution in [1.82, 2.24) is 4.98 Å². The fourth-order valence-electron chi connectivity index (χ4n) is 1.73. The van der Waals surface area contributed by atoms with E-state index in [1.165, 1.54) is 6.92 Å². The topological polar surface area (TPSA) is 53.4 Å². The number of hydrogen-bond acceptors (Lipinski definition) is 4. The first-order valence-electron chi connectivity index (χ1n) is 5.07. The Morgan fingerprint density at radius 2 is 2.40 bits per heavy atom. The molecule has 0 saturated carbocycles. The Morgan fingerprint density at radius 1 is 1.60 bits per heavy atom. The lowest BCUT2D eigenvalue weighted by Crippen LogP contribution is -2.22. The third kappa shape index (κ3) is 2.15. The summed E-state index contributed by atoms with van der Waals surface area (Å²) in [5, 5.41) is 9.38. The number of hydrogen-bond donors (Lipinski definition) is 1. The standard InChI is InChI=1S/C11H14N2O2/c1-8(14)9-2-3-11(12-6-9)13-5-4-10(15)7-13/h2-3,6,10,15H,4-5,7H2,1H3. The maximum absolute atomic E-state index is 11.0. The normalized spacial score (nSPS) is 20.7.